The Hall–Kier alpha value is -1.55. The molecule has 4 heteroatoms. The summed E-state index contributed by atoms with van der Waals surface area (Å²) in [6.07, 6.45) is 4.43. The monoisotopic (exact) mass is 275 g/mol. The Morgan fingerprint density at radius 3 is 2.45 bits per heavy atom. The third kappa shape index (κ3) is 2.66. The fourth-order valence-corrected chi connectivity index (χ4v) is 3.46. The molecule has 2 aliphatic rings. The number of carbonyl (C=O) groups excluding carboxylic acids is 1. The van der Waals surface area contributed by atoms with Gasteiger partial charge in [-0.1, -0.05) is 18.2 Å². The molecule has 2 heterocycles. The van der Waals surface area contributed by atoms with E-state index in [9.17, 15) is 4.79 Å². The van der Waals surface area contributed by atoms with Crippen molar-refractivity contribution < 1.29 is 14.3 Å². The molecule has 0 spiro atoms. The minimum atomic E-state index is 0.107. The maximum absolute atomic E-state index is 12.4. The Bertz CT molecular complexity index is 448. The summed E-state index contributed by atoms with van der Waals surface area (Å²) in [4.78, 5) is 14.4. The molecular formula is C16H21NO3. The first kappa shape index (κ1) is 13.4. The first-order valence-electron chi connectivity index (χ1n) is 7.29. The van der Waals surface area contributed by atoms with Gasteiger partial charge in [-0.05, 0) is 37.8 Å². The van der Waals surface area contributed by atoms with Crippen LogP contribution in [0.15, 0.2) is 30.3 Å². The molecule has 20 heavy (non-hydrogen) atoms. The van der Waals surface area contributed by atoms with Crippen LogP contribution >= 0.6 is 0 Å². The Morgan fingerprint density at radius 2 is 1.85 bits per heavy atom. The van der Waals surface area contributed by atoms with Gasteiger partial charge in [0.05, 0.1) is 6.10 Å². The largest absolute Gasteiger partial charge is 0.484 e. The molecule has 0 aromatic heterocycles. The number of amides is 1. The molecule has 0 aliphatic carbocycles. The summed E-state index contributed by atoms with van der Waals surface area (Å²) in [5.74, 6) is 0.857. The van der Waals surface area contributed by atoms with Crippen LogP contribution < -0.4 is 4.74 Å². The molecule has 1 amide bonds. The van der Waals surface area contributed by atoms with Gasteiger partial charge in [-0.15, -0.1) is 0 Å². The van der Waals surface area contributed by atoms with Crippen molar-refractivity contribution in [3.05, 3.63) is 30.3 Å². The lowest BCUT2D eigenvalue weighted by atomic mass is 10.00. The summed E-state index contributed by atoms with van der Waals surface area (Å²) in [5.41, 5.74) is 0. The molecule has 3 rings (SSSR count). The fraction of sp³-hybridized carbons (Fsp3) is 0.562. The lowest BCUT2D eigenvalue weighted by Crippen LogP contribution is -2.50. The van der Waals surface area contributed by atoms with Crippen molar-refractivity contribution in [1.82, 2.24) is 4.90 Å². The van der Waals surface area contributed by atoms with E-state index in [1.54, 1.807) is 7.11 Å². The van der Waals surface area contributed by atoms with Crippen LogP contribution in [0.3, 0.4) is 0 Å². The number of carbonyl (C=O) groups is 1. The molecule has 1 aromatic carbocycles. The van der Waals surface area contributed by atoms with E-state index in [1.165, 1.54) is 0 Å². The van der Waals surface area contributed by atoms with Crippen molar-refractivity contribution >= 4 is 5.91 Å². The van der Waals surface area contributed by atoms with Gasteiger partial charge in [0.2, 0.25) is 0 Å². The number of ether oxygens (including phenoxy) is 2. The molecule has 4 nitrogen and oxygen atoms in total. The second kappa shape index (κ2) is 5.83. The predicted molar refractivity (Wildman–Crippen MR) is 75.6 cm³/mol. The SMILES string of the molecule is COC1CC2CCC(C1)N2C(=O)COc1ccccc1. The van der Waals surface area contributed by atoms with Crippen molar-refractivity contribution in [3.8, 4) is 5.75 Å². The number of benzene rings is 1. The number of hydrogen-bond donors (Lipinski definition) is 0. The fourth-order valence-electron chi connectivity index (χ4n) is 3.46. The van der Waals surface area contributed by atoms with Gasteiger partial charge in [0.25, 0.3) is 5.91 Å². The van der Waals surface area contributed by atoms with Crippen molar-refractivity contribution in [1.29, 1.82) is 0 Å². The van der Waals surface area contributed by atoms with E-state index in [4.69, 9.17) is 9.47 Å². The minimum Gasteiger partial charge on any atom is -0.484 e. The highest BCUT2D eigenvalue weighted by Crippen LogP contribution is 2.36. The summed E-state index contributed by atoms with van der Waals surface area (Å²) in [5, 5.41) is 0. The Labute approximate surface area is 119 Å². The van der Waals surface area contributed by atoms with Crippen molar-refractivity contribution in [2.45, 2.75) is 43.9 Å². The van der Waals surface area contributed by atoms with Gasteiger partial charge in [0.15, 0.2) is 6.61 Å². The molecule has 0 radical (unpaired) electrons. The zero-order valence-electron chi connectivity index (χ0n) is 11.8. The number of rotatable bonds is 4. The van der Waals surface area contributed by atoms with Gasteiger partial charge in [-0.25, -0.2) is 0 Å². The van der Waals surface area contributed by atoms with Gasteiger partial charge in [0.1, 0.15) is 5.75 Å². The average Bonchev–Trinajstić information content (AvgIpc) is 2.76. The van der Waals surface area contributed by atoms with Crippen molar-refractivity contribution in [3.63, 3.8) is 0 Å². The summed E-state index contributed by atoms with van der Waals surface area (Å²) in [6.45, 7) is 0.134. The maximum Gasteiger partial charge on any atom is 0.261 e. The standard InChI is InChI=1S/C16H21NO3/c1-19-15-9-12-7-8-13(10-15)17(12)16(18)11-20-14-5-3-2-4-6-14/h2-6,12-13,15H,7-11H2,1H3. The minimum absolute atomic E-state index is 0.107. The summed E-state index contributed by atoms with van der Waals surface area (Å²) < 4.78 is 11.0. The number of para-hydroxylation sites is 1. The highest BCUT2D eigenvalue weighted by atomic mass is 16.5. The van der Waals surface area contributed by atoms with Crippen LogP contribution in [0, 0.1) is 0 Å². The van der Waals surface area contributed by atoms with Gasteiger partial charge in [0, 0.05) is 19.2 Å². The van der Waals surface area contributed by atoms with Crippen molar-refractivity contribution in [2.75, 3.05) is 13.7 Å². The molecule has 2 bridgehead atoms. The maximum atomic E-state index is 12.4. The molecule has 0 saturated carbocycles. The van der Waals surface area contributed by atoms with E-state index in [0.717, 1.165) is 31.4 Å². The Morgan fingerprint density at radius 1 is 1.20 bits per heavy atom. The van der Waals surface area contributed by atoms with E-state index in [0.29, 0.717) is 18.2 Å². The van der Waals surface area contributed by atoms with Gasteiger partial charge < -0.3 is 14.4 Å². The normalized spacial score (nSPS) is 28.4. The molecule has 2 aliphatic heterocycles. The van der Waals surface area contributed by atoms with Crippen molar-refractivity contribution in [2.24, 2.45) is 0 Å². The smallest absolute Gasteiger partial charge is 0.261 e. The zero-order chi connectivity index (χ0) is 13.9. The zero-order valence-corrected chi connectivity index (χ0v) is 11.8. The first-order chi connectivity index (χ1) is 9.78. The molecule has 108 valence electrons. The van der Waals surface area contributed by atoms with Crippen LogP contribution in [0.5, 0.6) is 5.75 Å². The van der Waals surface area contributed by atoms with E-state index in [1.807, 2.05) is 35.2 Å². The average molecular weight is 275 g/mol. The summed E-state index contributed by atoms with van der Waals surface area (Å²) >= 11 is 0. The molecule has 2 unspecified atom stereocenters. The number of hydrogen-bond acceptors (Lipinski definition) is 3. The molecule has 1 aromatic rings. The van der Waals surface area contributed by atoms with E-state index < -0.39 is 0 Å². The number of methoxy groups -OCH3 is 1. The summed E-state index contributed by atoms with van der Waals surface area (Å²) in [7, 11) is 1.76. The first-order valence-corrected chi connectivity index (χ1v) is 7.29. The molecule has 0 N–H and O–H groups in total. The molecular weight excluding hydrogens is 254 g/mol. The quantitative estimate of drug-likeness (QED) is 0.846. The molecule has 2 saturated heterocycles. The predicted octanol–water partition coefficient (Wildman–Crippen LogP) is 2.23. The van der Waals surface area contributed by atoms with Gasteiger partial charge in [-0.2, -0.15) is 0 Å². The summed E-state index contributed by atoms with van der Waals surface area (Å²) in [6, 6.07) is 10.2. The Kier molecular flexibility index (Phi) is 3.92. The van der Waals surface area contributed by atoms with E-state index in [2.05, 4.69) is 0 Å². The number of piperidine rings is 1. The Balaban J connectivity index is 1.58. The molecule has 2 atom stereocenters. The van der Waals surface area contributed by atoms with Gasteiger partial charge >= 0.3 is 0 Å². The second-order valence-electron chi connectivity index (χ2n) is 5.62. The topological polar surface area (TPSA) is 38.8 Å². The highest BCUT2D eigenvalue weighted by molar-refractivity contribution is 5.79. The third-order valence-corrected chi connectivity index (χ3v) is 4.42. The third-order valence-electron chi connectivity index (χ3n) is 4.42. The van der Waals surface area contributed by atoms with Crippen LogP contribution in [0.2, 0.25) is 0 Å². The lowest BCUT2D eigenvalue weighted by molar-refractivity contribution is -0.140. The highest BCUT2D eigenvalue weighted by Gasteiger charge is 2.43. The number of fused-ring (bicyclic) bond motifs is 2. The second-order valence-corrected chi connectivity index (χ2v) is 5.62. The number of nitrogens with zero attached hydrogens (tertiary/aromatic N) is 1. The van der Waals surface area contributed by atoms with E-state index >= 15 is 0 Å². The van der Waals surface area contributed by atoms with E-state index in [-0.39, 0.29) is 12.5 Å². The molecule has 2 fully saturated rings. The van der Waals surface area contributed by atoms with Crippen LogP contribution in [0.4, 0.5) is 0 Å². The van der Waals surface area contributed by atoms with Gasteiger partial charge in [-0.3, -0.25) is 4.79 Å². The van der Waals surface area contributed by atoms with Crippen LogP contribution in [-0.4, -0.2) is 42.7 Å². The van der Waals surface area contributed by atoms with Crippen LogP contribution in [-0.2, 0) is 9.53 Å². The lowest BCUT2D eigenvalue weighted by Gasteiger charge is -2.38. The van der Waals surface area contributed by atoms with Crippen LogP contribution in [0.1, 0.15) is 25.7 Å². The van der Waals surface area contributed by atoms with Crippen LogP contribution in [0.25, 0.3) is 0 Å².